The number of nitro groups is 1. The van der Waals surface area contributed by atoms with Crippen molar-refractivity contribution in [3.05, 3.63) is 45.0 Å². The summed E-state index contributed by atoms with van der Waals surface area (Å²) in [6.45, 7) is 1.43. The Balaban J connectivity index is 2.36. The van der Waals surface area contributed by atoms with Crippen molar-refractivity contribution in [1.29, 1.82) is 5.26 Å². The molecular formula is C13H9N3O4S2. The number of esters is 1. The van der Waals surface area contributed by atoms with Crippen molar-refractivity contribution in [1.82, 2.24) is 4.98 Å². The number of non-ortho nitro benzene ring substituents is 1. The van der Waals surface area contributed by atoms with Crippen LogP contribution in [0.15, 0.2) is 32.8 Å². The standard InChI is InChI=1S/C13H9N3O4S2/c1-8-7-21-13(15-8)22-11-3-2-9(16(18)19)6-10(11)12(17)20-5-4-14/h2-3,6-7H,5H2,1H3. The largest absolute Gasteiger partial charge is 0.447 e. The van der Waals surface area contributed by atoms with E-state index in [1.54, 1.807) is 6.07 Å². The summed E-state index contributed by atoms with van der Waals surface area (Å²) in [5.41, 5.74) is 0.675. The molecular weight excluding hydrogens is 326 g/mol. The maximum atomic E-state index is 12.0. The lowest BCUT2D eigenvalue weighted by atomic mass is 10.2. The molecule has 0 fully saturated rings. The molecule has 0 aliphatic heterocycles. The lowest BCUT2D eigenvalue weighted by Gasteiger charge is -2.06. The summed E-state index contributed by atoms with van der Waals surface area (Å²) < 4.78 is 5.45. The first-order valence-electron chi connectivity index (χ1n) is 5.93. The maximum absolute atomic E-state index is 12.0. The lowest BCUT2D eigenvalue weighted by Crippen LogP contribution is -2.07. The van der Waals surface area contributed by atoms with Crippen LogP contribution in [0.2, 0.25) is 0 Å². The Hall–Kier alpha value is -2.44. The molecule has 0 N–H and O–H groups in total. The van der Waals surface area contributed by atoms with E-state index in [1.165, 1.54) is 35.2 Å². The van der Waals surface area contributed by atoms with Crippen molar-refractivity contribution >= 4 is 34.8 Å². The summed E-state index contributed by atoms with van der Waals surface area (Å²) in [6, 6.07) is 5.61. The fraction of sp³-hybridized carbons (Fsp3) is 0.154. The second-order valence-electron chi connectivity index (χ2n) is 4.03. The molecule has 9 heteroatoms. The number of ether oxygens (including phenoxy) is 1. The Labute approximate surface area is 133 Å². The van der Waals surface area contributed by atoms with Gasteiger partial charge in [-0.25, -0.2) is 9.78 Å². The Kier molecular flexibility index (Phi) is 5.08. The van der Waals surface area contributed by atoms with E-state index < -0.39 is 17.5 Å². The predicted octanol–water partition coefficient (Wildman–Crippen LogP) is 3.19. The van der Waals surface area contributed by atoms with Gasteiger partial charge in [0.05, 0.1) is 10.5 Å². The third kappa shape index (κ3) is 3.81. The zero-order valence-electron chi connectivity index (χ0n) is 11.3. The van der Waals surface area contributed by atoms with Gasteiger partial charge in [0, 0.05) is 28.1 Å². The second kappa shape index (κ2) is 7.02. The summed E-state index contributed by atoms with van der Waals surface area (Å²) in [5, 5.41) is 21.2. The Morgan fingerprint density at radius 1 is 1.59 bits per heavy atom. The number of aromatic nitrogens is 1. The third-order valence-electron chi connectivity index (χ3n) is 2.46. The van der Waals surface area contributed by atoms with Gasteiger partial charge >= 0.3 is 5.97 Å². The van der Waals surface area contributed by atoms with E-state index in [9.17, 15) is 14.9 Å². The van der Waals surface area contributed by atoms with Gasteiger partial charge in [-0.1, -0.05) is 11.8 Å². The van der Waals surface area contributed by atoms with Crippen LogP contribution in [0.4, 0.5) is 5.69 Å². The average molecular weight is 335 g/mol. The van der Waals surface area contributed by atoms with Crippen LogP contribution >= 0.6 is 23.1 Å². The number of nitrogens with zero attached hydrogens (tertiary/aromatic N) is 3. The van der Waals surface area contributed by atoms with Gasteiger partial charge in [0.15, 0.2) is 10.9 Å². The molecule has 22 heavy (non-hydrogen) atoms. The molecule has 2 rings (SSSR count). The van der Waals surface area contributed by atoms with Crippen molar-refractivity contribution in [3.8, 4) is 6.07 Å². The molecule has 0 saturated carbocycles. The highest BCUT2D eigenvalue weighted by atomic mass is 32.2. The molecule has 0 unspecified atom stereocenters. The van der Waals surface area contributed by atoms with Gasteiger partial charge < -0.3 is 4.74 Å². The van der Waals surface area contributed by atoms with Gasteiger partial charge in [0.1, 0.15) is 6.07 Å². The van der Waals surface area contributed by atoms with Crippen LogP contribution in [0, 0.1) is 28.4 Å². The molecule has 0 aliphatic carbocycles. The van der Waals surface area contributed by atoms with E-state index in [4.69, 9.17) is 10.00 Å². The normalized spacial score (nSPS) is 10.0. The number of hydrogen-bond acceptors (Lipinski definition) is 8. The summed E-state index contributed by atoms with van der Waals surface area (Å²) in [7, 11) is 0. The molecule has 0 bridgehead atoms. The van der Waals surface area contributed by atoms with Gasteiger partial charge in [0.2, 0.25) is 0 Å². The summed E-state index contributed by atoms with van der Waals surface area (Å²) >= 11 is 2.62. The van der Waals surface area contributed by atoms with Crippen molar-refractivity contribution < 1.29 is 14.5 Å². The molecule has 1 aromatic carbocycles. The van der Waals surface area contributed by atoms with E-state index in [1.807, 2.05) is 12.3 Å². The first-order chi connectivity index (χ1) is 10.5. The monoisotopic (exact) mass is 335 g/mol. The minimum Gasteiger partial charge on any atom is -0.447 e. The number of hydrogen-bond donors (Lipinski definition) is 0. The minimum atomic E-state index is -0.777. The molecule has 112 valence electrons. The van der Waals surface area contributed by atoms with Crippen LogP contribution < -0.4 is 0 Å². The Bertz CT molecular complexity index is 767. The zero-order chi connectivity index (χ0) is 16.1. The molecule has 0 radical (unpaired) electrons. The first kappa shape index (κ1) is 15.9. The van der Waals surface area contributed by atoms with Crippen LogP contribution in [-0.4, -0.2) is 22.5 Å². The minimum absolute atomic E-state index is 0.0438. The molecule has 0 spiro atoms. The van der Waals surface area contributed by atoms with Gasteiger partial charge in [-0.3, -0.25) is 10.1 Å². The fourth-order valence-electron chi connectivity index (χ4n) is 1.53. The summed E-state index contributed by atoms with van der Waals surface area (Å²) in [4.78, 5) is 27.0. The lowest BCUT2D eigenvalue weighted by molar-refractivity contribution is -0.384. The highest BCUT2D eigenvalue weighted by Crippen LogP contribution is 2.34. The SMILES string of the molecule is Cc1csc(Sc2ccc([N+](=O)[O-])cc2C(=O)OCC#N)n1. The van der Waals surface area contributed by atoms with Crippen molar-refractivity contribution in [2.75, 3.05) is 6.61 Å². The van der Waals surface area contributed by atoms with Crippen LogP contribution in [-0.2, 0) is 4.74 Å². The molecule has 0 amide bonds. The smallest absolute Gasteiger partial charge is 0.340 e. The quantitative estimate of drug-likeness (QED) is 0.469. The number of nitro benzene ring substituents is 1. The second-order valence-corrected chi connectivity index (χ2v) is 6.18. The van der Waals surface area contributed by atoms with Crippen LogP contribution in [0.5, 0.6) is 0 Å². The molecule has 2 aromatic rings. The predicted molar refractivity (Wildman–Crippen MR) is 80.0 cm³/mol. The van der Waals surface area contributed by atoms with E-state index in [-0.39, 0.29) is 11.3 Å². The molecule has 0 aliphatic rings. The number of rotatable bonds is 5. The first-order valence-corrected chi connectivity index (χ1v) is 7.63. The van der Waals surface area contributed by atoms with Gasteiger partial charge in [-0.2, -0.15) is 5.26 Å². The van der Waals surface area contributed by atoms with Crippen LogP contribution in [0.25, 0.3) is 0 Å². The highest BCUT2D eigenvalue weighted by molar-refractivity contribution is 8.01. The molecule has 7 nitrogen and oxygen atoms in total. The molecule has 0 saturated heterocycles. The van der Waals surface area contributed by atoms with Crippen LogP contribution in [0.1, 0.15) is 16.1 Å². The Morgan fingerprint density at radius 3 is 2.95 bits per heavy atom. The van der Waals surface area contributed by atoms with Crippen LogP contribution in [0.3, 0.4) is 0 Å². The molecule has 0 atom stereocenters. The number of carbonyl (C=O) groups is 1. The summed E-state index contributed by atoms with van der Waals surface area (Å²) in [5.74, 6) is -0.777. The van der Waals surface area contributed by atoms with Crippen molar-refractivity contribution in [2.45, 2.75) is 16.2 Å². The number of aryl methyl sites for hydroxylation is 1. The zero-order valence-corrected chi connectivity index (χ0v) is 12.9. The molecule has 1 aromatic heterocycles. The third-order valence-corrected chi connectivity index (χ3v) is 4.59. The van der Waals surface area contributed by atoms with Crippen molar-refractivity contribution in [2.24, 2.45) is 0 Å². The van der Waals surface area contributed by atoms with Gasteiger partial charge in [-0.15, -0.1) is 11.3 Å². The molecule has 1 heterocycles. The number of thiazole rings is 1. The van der Waals surface area contributed by atoms with E-state index in [0.29, 0.717) is 9.24 Å². The topological polar surface area (TPSA) is 106 Å². The van der Waals surface area contributed by atoms with E-state index in [0.717, 1.165) is 11.8 Å². The van der Waals surface area contributed by atoms with Crippen molar-refractivity contribution in [3.63, 3.8) is 0 Å². The van der Waals surface area contributed by atoms with E-state index >= 15 is 0 Å². The summed E-state index contributed by atoms with van der Waals surface area (Å²) in [6.07, 6.45) is 0. The Morgan fingerprint density at radius 2 is 2.36 bits per heavy atom. The fourth-order valence-corrected chi connectivity index (χ4v) is 3.42. The average Bonchev–Trinajstić information content (AvgIpc) is 2.90. The number of benzene rings is 1. The van der Waals surface area contributed by atoms with E-state index in [2.05, 4.69) is 4.98 Å². The maximum Gasteiger partial charge on any atom is 0.340 e. The number of nitriles is 1. The highest BCUT2D eigenvalue weighted by Gasteiger charge is 2.19. The van der Waals surface area contributed by atoms with Gasteiger partial charge in [0.25, 0.3) is 5.69 Å². The number of carbonyl (C=O) groups excluding carboxylic acids is 1. The van der Waals surface area contributed by atoms with Gasteiger partial charge in [-0.05, 0) is 13.0 Å².